The number of hydrogen-bond donors (Lipinski definition) is 1. The Morgan fingerprint density at radius 2 is 1.71 bits per heavy atom. The highest BCUT2D eigenvalue weighted by Gasteiger charge is 2.32. The van der Waals surface area contributed by atoms with E-state index in [-0.39, 0.29) is 23.5 Å². The number of alkyl halides is 6. The Labute approximate surface area is 203 Å². The normalized spacial score (nSPS) is 13.9. The summed E-state index contributed by atoms with van der Waals surface area (Å²) in [5.74, 6) is -1.22. The molecular weight excluding hydrogens is 498 g/mol. The fourth-order valence-corrected chi connectivity index (χ4v) is 3.57. The molecule has 0 unspecified atom stereocenters. The molecule has 0 saturated heterocycles. The van der Waals surface area contributed by atoms with E-state index in [2.05, 4.69) is 15.6 Å². The van der Waals surface area contributed by atoms with Crippen molar-refractivity contribution in [2.45, 2.75) is 84.2 Å². The van der Waals surface area contributed by atoms with E-state index in [1.165, 1.54) is 4.68 Å². The number of hydroxylamine groups is 1. The summed E-state index contributed by atoms with van der Waals surface area (Å²) in [7, 11) is 0. The van der Waals surface area contributed by atoms with Gasteiger partial charge in [0, 0.05) is 23.9 Å². The summed E-state index contributed by atoms with van der Waals surface area (Å²) < 4.78 is 78.9. The van der Waals surface area contributed by atoms with Crippen molar-refractivity contribution in [1.82, 2.24) is 15.3 Å². The van der Waals surface area contributed by atoms with Crippen LogP contribution in [0.2, 0.25) is 0 Å². The third-order valence-electron chi connectivity index (χ3n) is 4.29. The molecule has 0 saturated carbocycles. The maximum absolute atomic E-state index is 13.3. The van der Waals surface area contributed by atoms with Crippen LogP contribution in [0, 0.1) is 0 Å². The third kappa shape index (κ3) is 8.95. The molecule has 1 aromatic carbocycles. The molecule has 0 aliphatic rings. The summed E-state index contributed by atoms with van der Waals surface area (Å²) in [5.41, 5.74) is 0.0354. The van der Waals surface area contributed by atoms with Crippen molar-refractivity contribution in [2.75, 3.05) is 0 Å². The second kappa shape index (κ2) is 10.3. The number of carbonyl (C=O) groups is 1. The molecule has 35 heavy (non-hydrogen) atoms. The van der Waals surface area contributed by atoms with E-state index in [1.54, 1.807) is 20.8 Å². The molecule has 2 rings (SSSR count). The summed E-state index contributed by atoms with van der Waals surface area (Å²) in [5, 5.41) is 4.80. The molecule has 0 aliphatic heterocycles. The van der Waals surface area contributed by atoms with Gasteiger partial charge in [0.15, 0.2) is 5.75 Å². The van der Waals surface area contributed by atoms with Crippen LogP contribution >= 0.6 is 11.3 Å². The van der Waals surface area contributed by atoms with Crippen LogP contribution < -0.4 is 15.1 Å². The van der Waals surface area contributed by atoms with E-state index >= 15 is 0 Å². The van der Waals surface area contributed by atoms with Crippen LogP contribution in [0.5, 0.6) is 5.75 Å². The number of hydrogen-bond acceptors (Lipinski definition) is 5. The first kappa shape index (κ1) is 28.8. The Morgan fingerprint density at radius 1 is 1.09 bits per heavy atom. The summed E-state index contributed by atoms with van der Waals surface area (Å²) >= 11 is 0.985. The lowest BCUT2D eigenvalue weighted by Gasteiger charge is -2.21. The molecule has 13 heteroatoms. The summed E-state index contributed by atoms with van der Waals surface area (Å²) in [6, 6.07) is 2.42. The smallest absolute Gasteiger partial charge is 0.407 e. The minimum atomic E-state index is -4.72. The zero-order valence-electron chi connectivity index (χ0n) is 20.2. The molecule has 0 atom stereocenters. The van der Waals surface area contributed by atoms with Crippen molar-refractivity contribution in [3.05, 3.63) is 39.1 Å². The number of carbonyl (C=O) groups excluding carboxylic acids is 1. The lowest BCUT2D eigenvalue weighted by Crippen LogP contribution is -2.38. The molecule has 1 aromatic heterocycles. The minimum absolute atomic E-state index is 0.0192. The molecule has 196 valence electrons. The standard InChI is InChI=1S/C22H28F6N4O2S/c1-19(2,3)17-30-32(11-7-10-21(23,24)25)18(35-17)29-16(33)14-12-13(22(26,27)28)8-9-15(14)34-31-20(4,5)6/h8-9,12,31H,7,10-11H2,1-6H3. The van der Waals surface area contributed by atoms with Crippen LogP contribution in [0.1, 0.15) is 75.3 Å². The number of benzene rings is 1. The Morgan fingerprint density at radius 3 is 2.23 bits per heavy atom. The molecule has 0 radical (unpaired) electrons. The van der Waals surface area contributed by atoms with E-state index in [1.807, 2.05) is 20.8 Å². The van der Waals surface area contributed by atoms with Gasteiger partial charge in [0.25, 0.3) is 5.91 Å². The SMILES string of the molecule is CC(C)(C)NOc1ccc(C(F)(F)F)cc1C(=O)N=c1sc(C(C)(C)C)nn1CCCC(F)(F)F. The number of nitrogens with zero attached hydrogens (tertiary/aromatic N) is 3. The topological polar surface area (TPSA) is 68.5 Å². The van der Waals surface area contributed by atoms with Gasteiger partial charge >= 0.3 is 12.4 Å². The fraction of sp³-hybridized carbons (Fsp3) is 0.591. The van der Waals surface area contributed by atoms with Crippen LogP contribution in [0.3, 0.4) is 0 Å². The van der Waals surface area contributed by atoms with Crippen LogP contribution in [-0.2, 0) is 18.1 Å². The van der Waals surface area contributed by atoms with Crippen molar-refractivity contribution in [2.24, 2.45) is 4.99 Å². The maximum Gasteiger partial charge on any atom is 0.416 e. The second-order valence-corrected chi connectivity index (χ2v) is 10.9. The molecule has 0 fully saturated rings. The average Bonchev–Trinajstić information content (AvgIpc) is 3.07. The van der Waals surface area contributed by atoms with E-state index in [4.69, 9.17) is 4.84 Å². The lowest BCUT2D eigenvalue weighted by atomic mass is 9.98. The Hall–Kier alpha value is -2.41. The number of amides is 1. The highest BCUT2D eigenvalue weighted by Crippen LogP contribution is 2.33. The average molecular weight is 527 g/mol. The Balaban J connectivity index is 2.54. The van der Waals surface area contributed by atoms with Gasteiger partial charge in [-0.15, -0.1) is 0 Å². The van der Waals surface area contributed by atoms with Crippen molar-refractivity contribution in [3.8, 4) is 5.75 Å². The molecular formula is C22H28F6N4O2S. The molecule has 2 aromatic rings. The highest BCUT2D eigenvalue weighted by molar-refractivity contribution is 7.09. The van der Waals surface area contributed by atoms with Crippen molar-refractivity contribution < 1.29 is 36.0 Å². The Bertz CT molecular complexity index is 1110. The van der Waals surface area contributed by atoms with Gasteiger partial charge in [-0.25, -0.2) is 4.68 Å². The van der Waals surface area contributed by atoms with Crippen molar-refractivity contribution >= 4 is 17.2 Å². The van der Waals surface area contributed by atoms with Gasteiger partial charge in [-0.05, 0) is 45.4 Å². The third-order valence-corrected chi connectivity index (χ3v) is 5.67. The second-order valence-electron chi connectivity index (χ2n) is 9.96. The van der Waals surface area contributed by atoms with Gasteiger partial charge in [-0.3, -0.25) is 4.79 Å². The quantitative estimate of drug-likeness (QED) is 0.369. The summed E-state index contributed by atoms with van der Waals surface area (Å²) in [4.78, 5) is 22.3. The van der Waals surface area contributed by atoms with E-state index in [9.17, 15) is 31.1 Å². The van der Waals surface area contributed by atoms with Crippen LogP contribution in [0.4, 0.5) is 26.3 Å². The first-order valence-corrected chi connectivity index (χ1v) is 11.5. The first-order chi connectivity index (χ1) is 15.8. The van der Waals surface area contributed by atoms with E-state index < -0.39 is 46.8 Å². The number of aryl methyl sites for hydroxylation is 1. The van der Waals surface area contributed by atoms with Crippen LogP contribution in [0.15, 0.2) is 23.2 Å². The molecule has 6 nitrogen and oxygen atoms in total. The molecule has 0 aliphatic carbocycles. The predicted octanol–water partition coefficient (Wildman–Crippen LogP) is 6.03. The van der Waals surface area contributed by atoms with Gasteiger partial charge in [0.2, 0.25) is 4.80 Å². The zero-order valence-corrected chi connectivity index (χ0v) is 21.0. The van der Waals surface area contributed by atoms with E-state index in [0.717, 1.165) is 23.5 Å². The van der Waals surface area contributed by atoms with Gasteiger partial charge < -0.3 is 4.84 Å². The molecule has 1 N–H and O–H groups in total. The van der Waals surface area contributed by atoms with Crippen molar-refractivity contribution in [3.63, 3.8) is 0 Å². The number of halogens is 6. The highest BCUT2D eigenvalue weighted by atomic mass is 32.1. The van der Waals surface area contributed by atoms with Crippen molar-refractivity contribution in [1.29, 1.82) is 0 Å². The lowest BCUT2D eigenvalue weighted by molar-refractivity contribution is -0.138. The monoisotopic (exact) mass is 526 g/mol. The first-order valence-electron chi connectivity index (χ1n) is 10.7. The van der Waals surface area contributed by atoms with Crippen LogP contribution in [-0.4, -0.2) is 27.4 Å². The van der Waals surface area contributed by atoms with Gasteiger partial charge in [-0.1, -0.05) is 32.1 Å². The van der Waals surface area contributed by atoms with E-state index in [0.29, 0.717) is 11.1 Å². The number of rotatable bonds is 6. The number of aromatic nitrogens is 2. The molecule has 1 amide bonds. The van der Waals surface area contributed by atoms with Gasteiger partial charge in [0.1, 0.15) is 5.01 Å². The molecule has 0 bridgehead atoms. The minimum Gasteiger partial charge on any atom is -0.407 e. The fourth-order valence-electron chi connectivity index (χ4n) is 2.59. The summed E-state index contributed by atoms with van der Waals surface area (Å²) in [6.45, 7) is 10.6. The maximum atomic E-state index is 13.3. The Kier molecular flexibility index (Phi) is 8.48. The predicted molar refractivity (Wildman–Crippen MR) is 119 cm³/mol. The molecule has 0 spiro atoms. The van der Waals surface area contributed by atoms with Gasteiger partial charge in [0.05, 0.1) is 11.1 Å². The largest absolute Gasteiger partial charge is 0.416 e. The van der Waals surface area contributed by atoms with Gasteiger partial charge in [-0.2, -0.15) is 41.9 Å². The van der Waals surface area contributed by atoms with Crippen LogP contribution in [0.25, 0.3) is 0 Å². The molecule has 1 heterocycles. The number of nitrogens with one attached hydrogen (secondary N) is 1. The zero-order chi connectivity index (χ0) is 26.8. The summed E-state index contributed by atoms with van der Waals surface area (Å²) in [6.07, 6.45) is -10.4.